The molecule has 0 radical (unpaired) electrons. The Hall–Kier alpha value is -2.89. The number of methoxy groups -OCH3 is 1. The maximum Gasteiger partial charge on any atom is 0.416 e. The van der Waals surface area contributed by atoms with E-state index in [2.05, 4.69) is 14.7 Å². The number of carbonyl (C=O) groups excluding carboxylic acids is 1. The van der Waals surface area contributed by atoms with E-state index in [1.54, 1.807) is 13.0 Å². The highest BCUT2D eigenvalue weighted by atomic mass is 32.2. The van der Waals surface area contributed by atoms with E-state index in [9.17, 15) is 26.4 Å². The van der Waals surface area contributed by atoms with Gasteiger partial charge in [0.15, 0.2) is 20.8 Å². The van der Waals surface area contributed by atoms with Crippen molar-refractivity contribution in [3.05, 3.63) is 47.3 Å². The van der Waals surface area contributed by atoms with E-state index in [1.807, 2.05) is 0 Å². The number of carbonyl (C=O) groups is 1. The van der Waals surface area contributed by atoms with Crippen LogP contribution in [0.15, 0.2) is 30.6 Å². The zero-order chi connectivity index (χ0) is 22.8. The number of anilines is 1. The lowest BCUT2D eigenvalue weighted by Gasteiger charge is -2.31. The molecule has 1 fully saturated rings. The van der Waals surface area contributed by atoms with Crippen LogP contribution in [0.2, 0.25) is 0 Å². The van der Waals surface area contributed by atoms with Crippen LogP contribution >= 0.6 is 0 Å². The minimum atomic E-state index is -4.50. The fraction of sp³-hybridized carbons (Fsp3) is 0.421. The number of nitrogens with zero attached hydrogens (tertiary/aromatic N) is 3. The number of alkyl halides is 3. The summed E-state index contributed by atoms with van der Waals surface area (Å²) in [5.74, 6) is -0.803. The summed E-state index contributed by atoms with van der Waals surface area (Å²) in [5.41, 5.74) is -0.314. The zero-order valence-corrected chi connectivity index (χ0v) is 17.5. The highest BCUT2D eigenvalue weighted by molar-refractivity contribution is 7.92. The van der Waals surface area contributed by atoms with E-state index in [1.165, 1.54) is 23.4 Å². The molecule has 1 saturated heterocycles. The van der Waals surface area contributed by atoms with E-state index in [0.717, 1.165) is 13.2 Å². The highest BCUT2D eigenvalue weighted by Gasteiger charge is 2.40. The Morgan fingerprint density at radius 3 is 2.55 bits per heavy atom. The second kappa shape index (κ2) is 8.69. The monoisotopic (exact) mass is 459 g/mol. The SMILES string of the molecule is COC(=O)C1CN(c2ncc(OCc3c(C)cccc3C(F)(F)F)cn2)CCS1(=O)=O. The minimum Gasteiger partial charge on any atom is -0.486 e. The number of esters is 1. The second-order valence-electron chi connectivity index (χ2n) is 6.93. The summed E-state index contributed by atoms with van der Waals surface area (Å²) in [6.07, 6.45) is -1.94. The molecule has 0 N–H and O–H groups in total. The van der Waals surface area contributed by atoms with Crippen LogP contribution in [0.3, 0.4) is 0 Å². The van der Waals surface area contributed by atoms with Crippen LogP contribution in [0.5, 0.6) is 5.75 Å². The molecule has 0 aliphatic carbocycles. The lowest BCUT2D eigenvalue weighted by molar-refractivity contribution is -0.140. The van der Waals surface area contributed by atoms with E-state index >= 15 is 0 Å². The Bertz CT molecular complexity index is 1060. The average molecular weight is 459 g/mol. The second-order valence-corrected chi connectivity index (χ2v) is 9.23. The van der Waals surface area contributed by atoms with Gasteiger partial charge >= 0.3 is 12.1 Å². The highest BCUT2D eigenvalue weighted by Crippen LogP contribution is 2.33. The van der Waals surface area contributed by atoms with Crippen LogP contribution in [-0.2, 0) is 32.2 Å². The van der Waals surface area contributed by atoms with Gasteiger partial charge in [0.25, 0.3) is 0 Å². The lowest BCUT2D eigenvalue weighted by Crippen LogP contribution is -2.51. The standard InChI is InChI=1S/C19H20F3N3O5S/c1-12-4-3-5-15(19(20,21)22)14(12)11-30-13-8-23-18(24-9-13)25-6-7-31(27,28)16(10-25)17(26)29-2/h3-5,8-9,16H,6-7,10-11H2,1-2H3. The molecule has 1 aromatic heterocycles. The van der Waals surface area contributed by atoms with Crippen LogP contribution in [0.1, 0.15) is 16.7 Å². The number of hydrogen-bond acceptors (Lipinski definition) is 8. The normalized spacial score (nSPS) is 18.5. The molecule has 1 aliphatic heterocycles. The van der Waals surface area contributed by atoms with Crippen molar-refractivity contribution in [2.75, 3.05) is 30.9 Å². The number of rotatable bonds is 5. The van der Waals surface area contributed by atoms with E-state index < -0.39 is 32.8 Å². The van der Waals surface area contributed by atoms with Crippen LogP contribution in [0.4, 0.5) is 19.1 Å². The zero-order valence-electron chi connectivity index (χ0n) is 16.7. The third kappa shape index (κ3) is 5.06. The molecule has 8 nitrogen and oxygen atoms in total. The van der Waals surface area contributed by atoms with Crippen LogP contribution in [0, 0.1) is 6.92 Å². The third-order valence-electron chi connectivity index (χ3n) is 4.93. The van der Waals surface area contributed by atoms with Gasteiger partial charge in [0, 0.05) is 18.7 Å². The maximum absolute atomic E-state index is 13.2. The maximum atomic E-state index is 13.2. The molecule has 0 bridgehead atoms. The van der Waals surface area contributed by atoms with Crippen molar-refractivity contribution in [2.24, 2.45) is 0 Å². The predicted molar refractivity (Wildman–Crippen MR) is 104 cm³/mol. The quantitative estimate of drug-likeness (QED) is 0.628. The topological polar surface area (TPSA) is 98.7 Å². The van der Waals surface area contributed by atoms with Gasteiger partial charge in [-0.2, -0.15) is 13.2 Å². The van der Waals surface area contributed by atoms with Crippen LogP contribution < -0.4 is 9.64 Å². The van der Waals surface area contributed by atoms with Crippen molar-refractivity contribution in [3.8, 4) is 5.75 Å². The van der Waals surface area contributed by atoms with Gasteiger partial charge < -0.3 is 14.4 Å². The summed E-state index contributed by atoms with van der Waals surface area (Å²) in [5, 5.41) is -1.34. The Kier molecular flexibility index (Phi) is 6.39. The van der Waals surface area contributed by atoms with Crippen molar-refractivity contribution in [1.29, 1.82) is 0 Å². The molecule has 1 aromatic carbocycles. The summed E-state index contributed by atoms with van der Waals surface area (Å²) >= 11 is 0. The smallest absolute Gasteiger partial charge is 0.416 e. The number of aromatic nitrogens is 2. The Morgan fingerprint density at radius 2 is 1.94 bits per heavy atom. The van der Waals surface area contributed by atoms with Gasteiger partial charge in [0.05, 0.1) is 30.8 Å². The van der Waals surface area contributed by atoms with Crippen LogP contribution in [0.25, 0.3) is 0 Å². The number of hydrogen-bond donors (Lipinski definition) is 0. The van der Waals surface area contributed by atoms with Gasteiger partial charge in [-0.3, -0.25) is 4.79 Å². The van der Waals surface area contributed by atoms with Gasteiger partial charge in [-0.25, -0.2) is 18.4 Å². The van der Waals surface area contributed by atoms with Crippen molar-refractivity contribution in [2.45, 2.75) is 25.0 Å². The fourth-order valence-corrected chi connectivity index (χ4v) is 4.74. The lowest BCUT2D eigenvalue weighted by atomic mass is 10.0. The summed E-state index contributed by atoms with van der Waals surface area (Å²) in [6, 6.07) is 3.89. The molecule has 2 heterocycles. The molecule has 1 atom stereocenters. The molecule has 12 heteroatoms. The molecule has 2 aromatic rings. The van der Waals surface area contributed by atoms with Gasteiger partial charge in [0.1, 0.15) is 6.61 Å². The summed E-state index contributed by atoms with van der Waals surface area (Å²) in [4.78, 5) is 21.5. The molecular weight excluding hydrogens is 439 g/mol. The first-order chi connectivity index (χ1) is 14.5. The fourth-order valence-electron chi connectivity index (χ4n) is 3.18. The van der Waals surface area contributed by atoms with Gasteiger partial charge in [-0.1, -0.05) is 12.1 Å². The largest absolute Gasteiger partial charge is 0.486 e. The molecule has 168 valence electrons. The van der Waals surface area contributed by atoms with Crippen molar-refractivity contribution in [3.63, 3.8) is 0 Å². The number of benzene rings is 1. The molecule has 1 aliphatic rings. The Balaban J connectivity index is 1.72. The molecule has 31 heavy (non-hydrogen) atoms. The molecule has 0 spiro atoms. The number of halogens is 3. The van der Waals surface area contributed by atoms with E-state index in [0.29, 0.717) is 5.56 Å². The van der Waals surface area contributed by atoms with E-state index in [-0.39, 0.29) is 42.7 Å². The summed E-state index contributed by atoms with van der Waals surface area (Å²) in [6.45, 7) is 1.17. The Labute approximate surface area is 176 Å². The van der Waals surface area contributed by atoms with Crippen molar-refractivity contribution in [1.82, 2.24) is 9.97 Å². The van der Waals surface area contributed by atoms with Gasteiger partial charge in [0.2, 0.25) is 5.95 Å². The number of sulfone groups is 1. The Morgan fingerprint density at radius 1 is 1.26 bits per heavy atom. The number of ether oxygens (including phenoxy) is 2. The minimum absolute atomic E-state index is 0.0150. The van der Waals surface area contributed by atoms with Crippen molar-refractivity contribution < 1.29 is 35.9 Å². The molecule has 3 rings (SSSR count). The van der Waals surface area contributed by atoms with Gasteiger partial charge in [-0.05, 0) is 18.6 Å². The number of aryl methyl sites for hydroxylation is 1. The third-order valence-corrected chi connectivity index (χ3v) is 6.89. The summed E-state index contributed by atoms with van der Waals surface area (Å²) < 4.78 is 73.8. The van der Waals surface area contributed by atoms with Gasteiger partial charge in [-0.15, -0.1) is 0 Å². The first-order valence-electron chi connectivity index (χ1n) is 9.18. The first kappa shape index (κ1) is 22.8. The average Bonchev–Trinajstić information content (AvgIpc) is 2.72. The summed E-state index contributed by atoms with van der Waals surface area (Å²) in [7, 11) is -2.52. The molecular formula is C19H20F3N3O5S. The first-order valence-corrected chi connectivity index (χ1v) is 10.9. The molecule has 0 saturated carbocycles. The predicted octanol–water partition coefficient (Wildman–Crippen LogP) is 2.16. The van der Waals surface area contributed by atoms with Crippen LogP contribution in [-0.4, -0.2) is 55.6 Å². The van der Waals surface area contributed by atoms with E-state index in [4.69, 9.17) is 4.74 Å². The molecule has 1 unspecified atom stereocenters. The molecule has 0 amide bonds. The van der Waals surface area contributed by atoms with Crippen molar-refractivity contribution >= 4 is 21.8 Å².